The molecule has 7 heteroatoms. The molecule has 0 radical (unpaired) electrons. The van der Waals surface area contributed by atoms with Gasteiger partial charge in [0.05, 0.1) is 6.07 Å². The summed E-state index contributed by atoms with van der Waals surface area (Å²) in [5.41, 5.74) is 1.32. The summed E-state index contributed by atoms with van der Waals surface area (Å²) in [7, 11) is 1.70. The molecular weight excluding hydrogens is 316 g/mol. The quantitative estimate of drug-likeness (QED) is 0.854. The molecule has 7 nitrogen and oxygen atoms in total. The number of carbonyl (C=O) groups excluding carboxylic acids is 1. The minimum Gasteiger partial charge on any atom is -0.325 e. The number of tetrazole rings is 1. The van der Waals surface area contributed by atoms with Crippen LogP contribution < -0.4 is 0 Å². The molecule has 1 aromatic carbocycles. The Labute approximate surface area is 147 Å². The van der Waals surface area contributed by atoms with Gasteiger partial charge in [-0.25, -0.2) is 0 Å². The zero-order valence-electron chi connectivity index (χ0n) is 14.6. The minimum absolute atomic E-state index is 0.0151. The summed E-state index contributed by atoms with van der Waals surface area (Å²) in [6.07, 6.45) is 4.53. The van der Waals surface area contributed by atoms with Gasteiger partial charge in [0.2, 0.25) is 11.7 Å². The molecule has 1 aliphatic carbocycles. The highest BCUT2D eigenvalue weighted by Crippen LogP contribution is 2.32. The summed E-state index contributed by atoms with van der Waals surface area (Å²) in [5.74, 6) is 0.319. The predicted molar refractivity (Wildman–Crippen MR) is 92.2 cm³/mol. The summed E-state index contributed by atoms with van der Waals surface area (Å²) in [6.45, 7) is 2.00. The van der Waals surface area contributed by atoms with E-state index in [0.29, 0.717) is 5.82 Å². The summed E-state index contributed by atoms with van der Waals surface area (Å²) in [4.78, 5) is 15.5. The highest BCUT2D eigenvalue weighted by Gasteiger charge is 2.38. The van der Waals surface area contributed by atoms with E-state index in [1.54, 1.807) is 11.9 Å². The standard InChI is InChI=1S/C18H22N6O/c1-14-6-8-15(9-7-14)17-20-22-24(21-17)12-16(25)23(2)18(13-19)10-4-3-5-11-18/h6-9H,3-5,10-12H2,1-2H3. The van der Waals surface area contributed by atoms with Crippen molar-refractivity contribution in [1.29, 1.82) is 5.26 Å². The van der Waals surface area contributed by atoms with Crippen molar-refractivity contribution in [3.8, 4) is 17.5 Å². The molecule has 0 saturated heterocycles. The first-order valence-corrected chi connectivity index (χ1v) is 8.57. The van der Waals surface area contributed by atoms with Crippen LogP contribution in [0.4, 0.5) is 0 Å². The van der Waals surface area contributed by atoms with Crippen molar-refractivity contribution in [3.63, 3.8) is 0 Å². The SMILES string of the molecule is Cc1ccc(-c2nnn(CC(=O)N(C)C3(C#N)CCCCC3)n2)cc1. The molecule has 0 atom stereocenters. The number of benzene rings is 1. The van der Waals surface area contributed by atoms with Crippen LogP contribution in [0.25, 0.3) is 11.4 Å². The third-order valence-electron chi connectivity index (χ3n) is 4.94. The Morgan fingerprint density at radius 2 is 1.96 bits per heavy atom. The second kappa shape index (κ2) is 7.01. The van der Waals surface area contributed by atoms with E-state index in [-0.39, 0.29) is 12.5 Å². The molecule has 25 heavy (non-hydrogen) atoms. The number of amides is 1. The third-order valence-corrected chi connectivity index (χ3v) is 4.94. The van der Waals surface area contributed by atoms with Crippen LogP contribution in [0.15, 0.2) is 24.3 Å². The zero-order chi connectivity index (χ0) is 17.9. The van der Waals surface area contributed by atoms with Gasteiger partial charge in [0.1, 0.15) is 12.1 Å². The van der Waals surface area contributed by atoms with Gasteiger partial charge in [0.15, 0.2) is 0 Å². The Balaban J connectivity index is 1.71. The molecule has 1 aromatic heterocycles. The lowest BCUT2D eigenvalue weighted by Crippen LogP contribution is -2.50. The topological polar surface area (TPSA) is 87.7 Å². The van der Waals surface area contributed by atoms with Crippen molar-refractivity contribution in [2.24, 2.45) is 0 Å². The van der Waals surface area contributed by atoms with Crippen molar-refractivity contribution in [3.05, 3.63) is 29.8 Å². The number of hydrogen-bond donors (Lipinski definition) is 0. The zero-order valence-corrected chi connectivity index (χ0v) is 14.6. The molecule has 0 spiro atoms. The molecular formula is C18H22N6O. The van der Waals surface area contributed by atoms with Gasteiger partial charge in [-0.05, 0) is 25.0 Å². The van der Waals surface area contributed by atoms with Crippen molar-refractivity contribution < 1.29 is 4.79 Å². The summed E-state index contributed by atoms with van der Waals surface area (Å²) in [6, 6.07) is 10.2. The first-order valence-electron chi connectivity index (χ1n) is 8.57. The van der Waals surface area contributed by atoms with Crippen LogP contribution in [-0.2, 0) is 11.3 Å². The van der Waals surface area contributed by atoms with Gasteiger partial charge in [-0.2, -0.15) is 10.1 Å². The number of aromatic nitrogens is 4. The van der Waals surface area contributed by atoms with Crippen molar-refractivity contribution in [2.45, 2.75) is 51.1 Å². The summed E-state index contributed by atoms with van der Waals surface area (Å²) >= 11 is 0. The summed E-state index contributed by atoms with van der Waals surface area (Å²) in [5, 5.41) is 21.9. The predicted octanol–water partition coefficient (Wildman–Crippen LogP) is 2.33. The molecule has 0 unspecified atom stereocenters. The number of nitrogens with zero attached hydrogens (tertiary/aromatic N) is 6. The molecule has 130 valence electrons. The Bertz CT molecular complexity index is 783. The third kappa shape index (κ3) is 3.53. The number of aryl methyl sites for hydroxylation is 1. The van der Waals surface area contributed by atoms with Crippen molar-refractivity contribution in [1.82, 2.24) is 25.1 Å². The van der Waals surface area contributed by atoms with Crippen LogP contribution in [0.1, 0.15) is 37.7 Å². The van der Waals surface area contributed by atoms with E-state index in [0.717, 1.165) is 43.2 Å². The number of hydrogen-bond acceptors (Lipinski definition) is 5. The first-order chi connectivity index (χ1) is 12.0. The fraction of sp³-hybridized carbons (Fsp3) is 0.500. The van der Waals surface area contributed by atoms with Crippen LogP contribution >= 0.6 is 0 Å². The van der Waals surface area contributed by atoms with Gasteiger partial charge in [-0.3, -0.25) is 4.79 Å². The van der Waals surface area contributed by atoms with Crippen LogP contribution in [0.5, 0.6) is 0 Å². The van der Waals surface area contributed by atoms with Crippen LogP contribution in [0, 0.1) is 18.3 Å². The molecule has 1 heterocycles. The second-order valence-corrected chi connectivity index (χ2v) is 6.67. The molecule has 1 amide bonds. The lowest BCUT2D eigenvalue weighted by atomic mass is 9.81. The maximum Gasteiger partial charge on any atom is 0.247 e. The smallest absolute Gasteiger partial charge is 0.247 e. The van der Waals surface area contributed by atoms with Crippen LogP contribution in [0.3, 0.4) is 0 Å². The average Bonchev–Trinajstić information content (AvgIpc) is 3.10. The van der Waals surface area contributed by atoms with Gasteiger partial charge in [0, 0.05) is 12.6 Å². The molecule has 0 aliphatic heterocycles. The molecule has 1 fully saturated rings. The van der Waals surface area contributed by atoms with E-state index in [4.69, 9.17) is 0 Å². The maximum atomic E-state index is 12.6. The largest absolute Gasteiger partial charge is 0.325 e. The van der Waals surface area contributed by atoms with E-state index >= 15 is 0 Å². The number of carbonyl (C=O) groups is 1. The van der Waals surface area contributed by atoms with E-state index < -0.39 is 5.54 Å². The lowest BCUT2D eigenvalue weighted by molar-refractivity contribution is -0.136. The highest BCUT2D eigenvalue weighted by atomic mass is 16.2. The van der Waals surface area contributed by atoms with Gasteiger partial charge in [0.25, 0.3) is 0 Å². The Morgan fingerprint density at radius 3 is 2.60 bits per heavy atom. The highest BCUT2D eigenvalue weighted by molar-refractivity contribution is 5.77. The molecule has 1 aliphatic rings. The summed E-state index contributed by atoms with van der Waals surface area (Å²) < 4.78 is 0. The van der Waals surface area contributed by atoms with Crippen molar-refractivity contribution in [2.75, 3.05) is 7.05 Å². The van der Waals surface area contributed by atoms with Gasteiger partial charge >= 0.3 is 0 Å². The molecule has 1 saturated carbocycles. The Kier molecular flexibility index (Phi) is 4.79. The number of likely N-dealkylation sites (N-methyl/N-ethyl adjacent to an activating group) is 1. The lowest BCUT2D eigenvalue weighted by Gasteiger charge is -2.38. The first kappa shape index (κ1) is 17.1. The minimum atomic E-state index is -0.699. The Hall–Kier alpha value is -2.75. The average molecular weight is 338 g/mol. The monoisotopic (exact) mass is 338 g/mol. The number of nitriles is 1. The normalized spacial score (nSPS) is 16.2. The van der Waals surface area contributed by atoms with Crippen LogP contribution in [0.2, 0.25) is 0 Å². The van der Waals surface area contributed by atoms with Crippen molar-refractivity contribution >= 4 is 5.91 Å². The van der Waals surface area contributed by atoms with Gasteiger partial charge in [-0.1, -0.05) is 49.1 Å². The fourth-order valence-corrected chi connectivity index (χ4v) is 3.25. The fourth-order valence-electron chi connectivity index (χ4n) is 3.25. The van der Waals surface area contributed by atoms with Gasteiger partial charge in [-0.15, -0.1) is 10.2 Å². The number of rotatable bonds is 4. The van der Waals surface area contributed by atoms with Crippen LogP contribution in [-0.4, -0.2) is 43.6 Å². The molecule has 0 N–H and O–H groups in total. The van der Waals surface area contributed by atoms with E-state index in [1.807, 2.05) is 31.2 Å². The van der Waals surface area contributed by atoms with E-state index in [9.17, 15) is 10.1 Å². The van der Waals surface area contributed by atoms with E-state index in [1.165, 1.54) is 4.80 Å². The molecule has 2 aromatic rings. The molecule has 0 bridgehead atoms. The van der Waals surface area contributed by atoms with Gasteiger partial charge < -0.3 is 4.90 Å². The second-order valence-electron chi connectivity index (χ2n) is 6.67. The van der Waals surface area contributed by atoms with E-state index in [2.05, 4.69) is 21.5 Å². The Morgan fingerprint density at radius 1 is 1.28 bits per heavy atom. The molecule has 3 rings (SSSR count). The maximum absolute atomic E-state index is 12.6.